The van der Waals surface area contributed by atoms with E-state index in [2.05, 4.69) is 5.32 Å². The van der Waals surface area contributed by atoms with Crippen molar-refractivity contribution in [2.75, 3.05) is 13.3 Å². The van der Waals surface area contributed by atoms with Gasteiger partial charge in [-0.1, -0.05) is 48.5 Å². The van der Waals surface area contributed by atoms with Crippen molar-refractivity contribution in [3.8, 4) is 11.5 Å². The molecule has 0 bridgehead atoms. The van der Waals surface area contributed by atoms with Crippen molar-refractivity contribution in [1.29, 1.82) is 0 Å². The largest absolute Gasteiger partial charge is 0.454 e. The van der Waals surface area contributed by atoms with E-state index in [0.29, 0.717) is 28.2 Å². The summed E-state index contributed by atoms with van der Waals surface area (Å²) in [7, 11) is 0. The van der Waals surface area contributed by atoms with Gasteiger partial charge in [-0.3, -0.25) is 14.5 Å². The molecule has 0 unspecified atom stereocenters. The normalized spacial score (nSPS) is 19.0. The zero-order valence-electron chi connectivity index (χ0n) is 18.3. The van der Waals surface area contributed by atoms with E-state index in [1.54, 1.807) is 30.3 Å². The smallest absolute Gasteiger partial charge is 0.325 e. The number of fused-ring (bicyclic) bond motifs is 1. The van der Waals surface area contributed by atoms with Gasteiger partial charge in [0.25, 0.3) is 5.91 Å². The molecule has 1 atom stereocenters. The van der Waals surface area contributed by atoms with Gasteiger partial charge in [0, 0.05) is 5.56 Å². The SMILES string of the molecule is Cc1ccc([C@]2(c3ccccc3)NC(=O)N(CC(=O)c3ccc4c(c3)OCO4)C2=O)cc1C. The van der Waals surface area contributed by atoms with E-state index < -0.39 is 17.5 Å². The first-order valence-corrected chi connectivity index (χ1v) is 10.6. The van der Waals surface area contributed by atoms with Crippen LogP contribution in [0.15, 0.2) is 66.7 Å². The maximum atomic E-state index is 13.8. The summed E-state index contributed by atoms with van der Waals surface area (Å²) in [4.78, 5) is 40.9. The number of carbonyl (C=O) groups is 3. The minimum atomic E-state index is -1.41. The van der Waals surface area contributed by atoms with Gasteiger partial charge in [-0.05, 0) is 54.3 Å². The molecule has 7 nitrogen and oxygen atoms in total. The number of imide groups is 1. The molecule has 1 saturated heterocycles. The lowest BCUT2D eigenvalue weighted by Crippen LogP contribution is -2.45. The third-order valence-electron chi connectivity index (χ3n) is 6.25. The highest BCUT2D eigenvalue weighted by molar-refractivity contribution is 6.13. The molecule has 5 rings (SSSR count). The second kappa shape index (κ2) is 7.78. The predicted octanol–water partition coefficient (Wildman–Crippen LogP) is 3.71. The van der Waals surface area contributed by atoms with Crippen molar-refractivity contribution in [2.24, 2.45) is 0 Å². The van der Waals surface area contributed by atoms with Crippen molar-refractivity contribution in [2.45, 2.75) is 19.4 Å². The summed E-state index contributed by atoms with van der Waals surface area (Å²) in [6.07, 6.45) is 0. The first-order valence-electron chi connectivity index (χ1n) is 10.6. The van der Waals surface area contributed by atoms with Crippen LogP contribution in [0, 0.1) is 13.8 Å². The van der Waals surface area contributed by atoms with Gasteiger partial charge in [-0.25, -0.2) is 4.79 Å². The Labute approximate surface area is 190 Å². The molecule has 7 heteroatoms. The van der Waals surface area contributed by atoms with E-state index >= 15 is 0 Å². The molecule has 0 aliphatic carbocycles. The van der Waals surface area contributed by atoms with E-state index in [0.717, 1.165) is 16.0 Å². The number of benzene rings is 3. The van der Waals surface area contributed by atoms with Crippen LogP contribution in [-0.4, -0.2) is 36.0 Å². The molecule has 2 heterocycles. The molecule has 2 aliphatic heterocycles. The summed E-state index contributed by atoms with van der Waals surface area (Å²) in [5.74, 6) is 0.156. The van der Waals surface area contributed by atoms with Crippen LogP contribution in [0.5, 0.6) is 11.5 Å². The molecular weight excluding hydrogens is 420 g/mol. The van der Waals surface area contributed by atoms with Gasteiger partial charge in [-0.15, -0.1) is 0 Å². The van der Waals surface area contributed by atoms with Crippen LogP contribution in [0.1, 0.15) is 32.6 Å². The molecule has 0 radical (unpaired) electrons. The highest BCUT2D eigenvalue weighted by atomic mass is 16.7. The van der Waals surface area contributed by atoms with Gasteiger partial charge in [0.05, 0.1) is 6.54 Å². The first kappa shape index (κ1) is 20.8. The molecule has 3 amide bonds. The minimum Gasteiger partial charge on any atom is -0.454 e. The van der Waals surface area contributed by atoms with E-state index in [1.165, 1.54) is 0 Å². The second-order valence-electron chi connectivity index (χ2n) is 8.23. The van der Waals surface area contributed by atoms with Crippen LogP contribution in [-0.2, 0) is 10.3 Å². The highest BCUT2D eigenvalue weighted by Gasteiger charge is 2.54. The van der Waals surface area contributed by atoms with Gasteiger partial charge in [0.15, 0.2) is 22.8 Å². The standard InChI is InChI=1S/C26H22N2O5/c1-16-8-10-20(12-17(16)2)26(19-6-4-3-5-7-19)24(30)28(25(31)27-26)14-21(29)18-9-11-22-23(13-18)33-15-32-22/h3-13H,14-15H2,1-2H3,(H,27,31)/t26-/m0/s1. The van der Waals surface area contributed by atoms with Crippen LogP contribution in [0.4, 0.5) is 4.79 Å². The molecular formula is C26H22N2O5. The number of nitrogens with zero attached hydrogens (tertiary/aromatic N) is 1. The Hall–Kier alpha value is -4.13. The third kappa shape index (κ3) is 3.33. The Morgan fingerprint density at radius 1 is 0.909 bits per heavy atom. The van der Waals surface area contributed by atoms with Gasteiger partial charge in [-0.2, -0.15) is 0 Å². The van der Waals surface area contributed by atoms with Gasteiger partial charge in [0.2, 0.25) is 6.79 Å². The van der Waals surface area contributed by atoms with Crippen LogP contribution in [0.2, 0.25) is 0 Å². The van der Waals surface area contributed by atoms with Crippen molar-refractivity contribution in [3.63, 3.8) is 0 Å². The lowest BCUT2D eigenvalue weighted by Gasteiger charge is -2.28. The highest BCUT2D eigenvalue weighted by Crippen LogP contribution is 2.37. The lowest BCUT2D eigenvalue weighted by molar-refractivity contribution is -0.129. The summed E-state index contributed by atoms with van der Waals surface area (Å²) >= 11 is 0. The number of urea groups is 1. The maximum absolute atomic E-state index is 13.8. The average Bonchev–Trinajstić information content (AvgIpc) is 3.39. The minimum absolute atomic E-state index is 0.0928. The summed E-state index contributed by atoms with van der Waals surface area (Å²) in [6.45, 7) is 3.65. The number of ether oxygens (including phenoxy) is 2. The predicted molar refractivity (Wildman–Crippen MR) is 120 cm³/mol. The molecule has 0 spiro atoms. The summed E-state index contributed by atoms with van der Waals surface area (Å²) in [5, 5.41) is 2.89. The average molecular weight is 442 g/mol. The first-order chi connectivity index (χ1) is 15.9. The van der Waals surface area contributed by atoms with Crippen LogP contribution >= 0.6 is 0 Å². The zero-order valence-corrected chi connectivity index (χ0v) is 18.3. The van der Waals surface area contributed by atoms with Crippen molar-refractivity contribution in [1.82, 2.24) is 10.2 Å². The summed E-state index contributed by atoms with van der Waals surface area (Å²) < 4.78 is 10.6. The van der Waals surface area contributed by atoms with Gasteiger partial charge in [0.1, 0.15) is 0 Å². The third-order valence-corrected chi connectivity index (χ3v) is 6.25. The van der Waals surface area contributed by atoms with Crippen molar-refractivity contribution in [3.05, 3.63) is 94.5 Å². The number of Topliss-reactive ketones (excluding diaryl/α,β-unsaturated/α-hetero) is 1. The fourth-order valence-corrected chi connectivity index (χ4v) is 4.25. The Balaban J connectivity index is 1.52. The summed E-state index contributed by atoms with van der Waals surface area (Å²) in [6, 6.07) is 19.0. The number of ketones is 1. The van der Waals surface area contributed by atoms with Gasteiger partial charge >= 0.3 is 6.03 Å². The van der Waals surface area contributed by atoms with Crippen molar-refractivity contribution < 1.29 is 23.9 Å². The van der Waals surface area contributed by atoms with Crippen LogP contribution in [0.25, 0.3) is 0 Å². The number of aryl methyl sites for hydroxylation is 2. The number of carbonyl (C=O) groups excluding carboxylic acids is 3. The number of amides is 3. The number of hydrogen-bond acceptors (Lipinski definition) is 5. The van der Waals surface area contributed by atoms with E-state index in [4.69, 9.17) is 9.47 Å². The Morgan fingerprint density at radius 2 is 1.67 bits per heavy atom. The van der Waals surface area contributed by atoms with Gasteiger partial charge < -0.3 is 14.8 Å². The Kier molecular flexibility index (Phi) is 4.89. The van der Waals surface area contributed by atoms with E-state index in [-0.39, 0.29) is 19.1 Å². The van der Waals surface area contributed by atoms with Crippen LogP contribution in [0.3, 0.4) is 0 Å². The maximum Gasteiger partial charge on any atom is 0.325 e. The quantitative estimate of drug-likeness (QED) is 0.481. The molecule has 33 heavy (non-hydrogen) atoms. The Morgan fingerprint density at radius 3 is 2.42 bits per heavy atom. The molecule has 0 aromatic heterocycles. The Bertz CT molecular complexity index is 1290. The molecule has 0 saturated carbocycles. The van der Waals surface area contributed by atoms with E-state index in [9.17, 15) is 14.4 Å². The molecule has 3 aromatic carbocycles. The fourth-order valence-electron chi connectivity index (χ4n) is 4.25. The van der Waals surface area contributed by atoms with E-state index in [1.807, 2.05) is 50.2 Å². The molecule has 3 aromatic rings. The molecule has 1 N–H and O–H groups in total. The lowest BCUT2D eigenvalue weighted by atomic mass is 9.81. The van der Waals surface area contributed by atoms with Crippen LogP contribution < -0.4 is 14.8 Å². The number of hydrogen-bond donors (Lipinski definition) is 1. The fraction of sp³-hybridized carbons (Fsp3) is 0.192. The zero-order chi connectivity index (χ0) is 23.2. The van der Waals surface area contributed by atoms with Crippen molar-refractivity contribution >= 4 is 17.7 Å². The second-order valence-corrected chi connectivity index (χ2v) is 8.23. The molecule has 1 fully saturated rings. The number of nitrogens with one attached hydrogen (secondary N) is 1. The summed E-state index contributed by atoms with van der Waals surface area (Å²) in [5.41, 5.74) is 2.28. The number of rotatable bonds is 5. The topological polar surface area (TPSA) is 84.9 Å². The molecule has 2 aliphatic rings. The monoisotopic (exact) mass is 442 g/mol. The molecule has 166 valence electrons.